The number of nitrogens with one attached hydrogen (secondary N) is 1. The fourth-order valence-corrected chi connectivity index (χ4v) is 2.07. The van der Waals surface area contributed by atoms with E-state index in [4.69, 9.17) is 5.11 Å². The maximum Gasteiger partial charge on any atom is 0.306 e. The van der Waals surface area contributed by atoms with Crippen LogP contribution >= 0.6 is 0 Å². The van der Waals surface area contributed by atoms with Gasteiger partial charge < -0.3 is 10.0 Å². The molecule has 1 aromatic heterocycles. The van der Waals surface area contributed by atoms with Crippen molar-refractivity contribution in [2.24, 2.45) is 5.92 Å². The van der Waals surface area contributed by atoms with Crippen molar-refractivity contribution in [2.45, 2.75) is 19.8 Å². The molecular formula is C11H15N3O3. The molecule has 1 aliphatic heterocycles. The maximum atomic E-state index is 12.1. The predicted molar refractivity (Wildman–Crippen MR) is 59.6 cm³/mol. The number of H-pyrrole nitrogens is 1. The van der Waals surface area contributed by atoms with Crippen LogP contribution in [-0.2, 0) is 4.79 Å². The Morgan fingerprint density at radius 3 is 2.59 bits per heavy atom. The van der Waals surface area contributed by atoms with Gasteiger partial charge in [0.1, 0.15) is 0 Å². The van der Waals surface area contributed by atoms with E-state index in [1.54, 1.807) is 11.8 Å². The van der Waals surface area contributed by atoms with Crippen molar-refractivity contribution in [2.75, 3.05) is 13.1 Å². The zero-order chi connectivity index (χ0) is 12.4. The van der Waals surface area contributed by atoms with Gasteiger partial charge in [-0.2, -0.15) is 5.10 Å². The molecule has 0 saturated carbocycles. The first-order valence-corrected chi connectivity index (χ1v) is 5.61. The fraction of sp³-hybridized carbons (Fsp3) is 0.545. The Morgan fingerprint density at radius 2 is 2.12 bits per heavy atom. The summed E-state index contributed by atoms with van der Waals surface area (Å²) in [6.07, 6.45) is 2.57. The number of carbonyl (C=O) groups is 2. The summed E-state index contributed by atoms with van der Waals surface area (Å²) in [7, 11) is 0. The summed E-state index contributed by atoms with van der Waals surface area (Å²) < 4.78 is 0. The Bertz CT molecular complexity index is 433. The summed E-state index contributed by atoms with van der Waals surface area (Å²) in [4.78, 5) is 24.6. The van der Waals surface area contributed by atoms with Crippen molar-refractivity contribution in [1.82, 2.24) is 15.1 Å². The number of likely N-dealkylation sites (tertiary alicyclic amines) is 1. The second-order valence-electron chi connectivity index (χ2n) is 4.31. The first kappa shape index (κ1) is 11.6. The van der Waals surface area contributed by atoms with Gasteiger partial charge in [-0.05, 0) is 19.8 Å². The minimum atomic E-state index is -0.767. The number of piperidine rings is 1. The van der Waals surface area contributed by atoms with Crippen LogP contribution in [0.2, 0.25) is 0 Å². The fourth-order valence-electron chi connectivity index (χ4n) is 2.07. The number of aromatic amines is 1. The Kier molecular flexibility index (Phi) is 3.12. The summed E-state index contributed by atoms with van der Waals surface area (Å²) >= 11 is 0. The normalized spacial score (nSPS) is 17.1. The average Bonchev–Trinajstić information content (AvgIpc) is 2.74. The third-order valence-corrected chi connectivity index (χ3v) is 3.19. The monoisotopic (exact) mass is 237 g/mol. The smallest absolute Gasteiger partial charge is 0.306 e. The second-order valence-corrected chi connectivity index (χ2v) is 4.31. The number of rotatable bonds is 2. The van der Waals surface area contributed by atoms with Gasteiger partial charge in [-0.1, -0.05) is 0 Å². The molecule has 1 saturated heterocycles. The molecule has 0 aromatic carbocycles. The van der Waals surface area contributed by atoms with Crippen molar-refractivity contribution in [3.05, 3.63) is 17.5 Å². The Hall–Kier alpha value is -1.85. The lowest BCUT2D eigenvalue weighted by Gasteiger charge is -2.29. The van der Waals surface area contributed by atoms with Gasteiger partial charge in [0.15, 0.2) is 0 Å². The number of aryl methyl sites for hydroxylation is 1. The van der Waals surface area contributed by atoms with Gasteiger partial charge in [0.05, 0.1) is 17.7 Å². The number of carboxylic acids is 1. The summed E-state index contributed by atoms with van der Waals surface area (Å²) in [5.41, 5.74) is 1.31. The van der Waals surface area contributed by atoms with E-state index in [0.29, 0.717) is 31.5 Å². The zero-order valence-electron chi connectivity index (χ0n) is 9.64. The molecular weight excluding hydrogens is 222 g/mol. The van der Waals surface area contributed by atoms with Crippen molar-refractivity contribution >= 4 is 11.9 Å². The molecule has 0 spiro atoms. The van der Waals surface area contributed by atoms with Gasteiger partial charge in [0.25, 0.3) is 5.91 Å². The molecule has 6 heteroatoms. The van der Waals surface area contributed by atoms with Crippen LogP contribution in [0.5, 0.6) is 0 Å². The first-order chi connectivity index (χ1) is 8.09. The largest absolute Gasteiger partial charge is 0.481 e. The lowest BCUT2D eigenvalue weighted by molar-refractivity contribution is -0.143. The molecule has 0 atom stereocenters. The standard InChI is InChI=1S/C11H15N3O3/c1-7-9(6-12-13-7)10(15)14-4-2-8(3-5-14)11(16)17/h6,8H,2-5H2,1H3,(H,12,13)(H,16,17). The quantitative estimate of drug-likeness (QED) is 0.791. The van der Waals surface area contributed by atoms with E-state index in [9.17, 15) is 9.59 Å². The summed E-state index contributed by atoms with van der Waals surface area (Å²) in [5.74, 6) is -1.15. The highest BCUT2D eigenvalue weighted by Gasteiger charge is 2.28. The Labute approximate surface area is 98.6 Å². The highest BCUT2D eigenvalue weighted by Crippen LogP contribution is 2.19. The van der Waals surface area contributed by atoms with Gasteiger partial charge in [-0.25, -0.2) is 0 Å². The van der Waals surface area contributed by atoms with Crippen molar-refractivity contribution in [1.29, 1.82) is 0 Å². The van der Waals surface area contributed by atoms with Gasteiger partial charge >= 0.3 is 5.97 Å². The lowest BCUT2D eigenvalue weighted by atomic mass is 9.97. The number of amides is 1. The molecule has 92 valence electrons. The molecule has 0 unspecified atom stereocenters. The van der Waals surface area contributed by atoms with E-state index in [0.717, 1.165) is 5.69 Å². The third-order valence-electron chi connectivity index (χ3n) is 3.19. The first-order valence-electron chi connectivity index (χ1n) is 5.61. The van der Waals surface area contributed by atoms with Crippen molar-refractivity contribution < 1.29 is 14.7 Å². The summed E-state index contributed by atoms with van der Waals surface area (Å²) in [5, 5.41) is 15.4. The van der Waals surface area contributed by atoms with E-state index in [1.807, 2.05) is 0 Å². The van der Waals surface area contributed by atoms with Crippen LogP contribution in [0.1, 0.15) is 28.9 Å². The van der Waals surface area contributed by atoms with Crippen LogP contribution in [0.3, 0.4) is 0 Å². The molecule has 2 N–H and O–H groups in total. The van der Waals surface area contributed by atoms with Crippen molar-refractivity contribution in [3.8, 4) is 0 Å². The zero-order valence-corrected chi connectivity index (χ0v) is 9.64. The molecule has 6 nitrogen and oxygen atoms in total. The van der Waals surface area contributed by atoms with Gasteiger partial charge in [-0.15, -0.1) is 0 Å². The molecule has 0 aliphatic carbocycles. The number of carbonyl (C=O) groups excluding carboxylic acids is 1. The average molecular weight is 237 g/mol. The lowest BCUT2D eigenvalue weighted by Crippen LogP contribution is -2.40. The molecule has 17 heavy (non-hydrogen) atoms. The van der Waals surface area contributed by atoms with Crippen LogP contribution in [0.25, 0.3) is 0 Å². The number of aliphatic carboxylic acids is 1. The molecule has 2 heterocycles. The minimum absolute atomic E-state index is 0.0694. The van der Waals surface area contributed by atoms with Crippen LogP contribution in [0.4, 0.5) is 0 Å². The molecule has 2 rings (SSSR count). The highest BCUT2D eigenvalue weighted by molar-refractivity contribution is 5.95. The molecule has 0 radical (unpaired) electrons. The Balaban J connectivity index is 2.00. The van der Waals surface area contributed by atoms with Crippen molar-refractivity contribution in [3.63, 3.8) is 0 Å². The molecule has 1 amide bonds. The van der Waals surface area contributed by atoms with E-state index < -0.39 is 5.97 Å². The number of hydrogen-bond acceptors (Lipinski definition) is 3. The van der Waals surface area contributed by atoms with E-state index in [-0.39, 0.29) is 11.8 Å². The predicted octanol–water partition coefficient (Wildman–Crippen LogP) is 0.655. The molecule has 1 aromatic rings. The van der Waals surface area contributed by atoms with Crippen LogP contribution in [-0.4, -0.2) is 45.2 Å². The molecule has 1 fully saturated rings. The number of nitrogens with zero attached hydrogens (tertiary/aromatic N) is 2. The van der Waals surface area contributed by atoms with Gasteiger partial charge in [0.2, 0.25) is 0 Å². The number of aromatic nitrogens is 2. The summed E-state index contributed by atoms with van der Waals surface area (Å²) in [6.45, 7) is 2.80. The minimum Gasteiger partial charge on any atom is -0.481 e. The molecule has 1 aliphatic rings. The van der Waals surface area contributed by atoms with E-state index in [1.165, 1.54) is 6.20 Å². The second kappa shape index (κ2) is 4.57. The van der Waals surface area contributed by atoms with Crippen LogP contribution < -0.4 is 0 Å². The van der Waals surface area contributed by atoms with Crippen LogP contribution in [0, 0.1) is 12.8 Å². The summed E-state index contributed by atoms with van der Waals surface area (Å²) in [6, 6.07) is 0. The number of carboxylic acid groups (broad SMARTS) is 1. The van der Waals surface area contributed by atoms with E-state index in [2.05, 4.69) is 10.2 Å². The SMILES string of the molecule is Cc1[nH]ncc1C(=O)N1CCC(C(=O)O)CC1. The van der Waals surface area contributed by atoms with Gasteiger partial charge in [-0.3, -0.25) is 14.7 Å². The molecule has 0 bridgehead atoms. The number of hydrogen-bond donors (Lipinski definition) is 2. The van der Waals surface area contributed by atoms with Crippen LogP contribution in [0.15, 0.2) is 6.20 Å². The maximum absolute atomic E-state index is 12.1. The highest BCUT2D eigenvalue weighted by atomic mass is 16.4. The van der Waals surface area contributed by atoms with E-state index >= 15 is 0 Å². The topological polar surface area (TPSA) is 86.3 Å². The third kappa shape index (κ3) is 2.30. The van der Waals surface area contributed by atoms with Gasteiger partial charge in [0, 0.05) is 18.8 Å². The Morgan fingerprint density at radius 1 is 1.47 bits per heavy atom.